The van der Waals surface area contributed by atoms with Crippen molar-refractivity contribution in [1.82, 2.24) is 15.1 Å². The van der Waals surface area contributed by atoms with Gasteiger partial charge in [0.15, 0.2) is 9.84 Å². The van der Waals surface area contributed by atoms with E-state index in [2.05, 4.69) is 10.4 Å². The summed E-state index contributed by atoms with van der Waals surface area (Å²) in [6.45, 7) is 0.110. The SMILES string of the molecule is Cn1nc(CNC(=O)CCS(=O)(=O)c2ccccc2)c2ccccc2c1=O. The van der Waals surface area contributed by atoms with E-state index in [0.717, 1.165) is 0 Å². The maximum Gasteiger partial charge on any atom is 0.274 e. The third-order valence-corrected chi connectivity index (χ3v) is 5.92. The summed E-state index contributed by atoms with van der Waals surface area (Å²) in [5, 5.41) is 8.07. The predicted octanol–water partition coefficient (Wildman–Crippen LogP) is 1.41. The molecule has 1 heterocycles. The number of aromatic nitrogens is 2. The number of carbonyl (C=O) groups excluding carboxylic acids is 1. The largest absolute Gasteiger partial charge is 0.350 e. The van der Waals surface area contributed by atoms with E-state index < -0.39 is 15.7 Å². The average Bonchev–Trinajstić information content (AvgIpc) is 2.69. The van der Waals surface area contributed by atoms with Crippen molar-refractivity contribution >= 4 is 26.5 Å². The van der Waals surface area contributed by atoms with Crippen LogP contribution in [0.15, 0.2) is 64.3 Å². The van der Waals surface area contributed by atoms with Crippen LogP contribution in [-0.4, -0.2) is 29.9 Å². The third kappa shape index (κ3) is 4.22. The number of rotatable bonds is 6. The molecule has 3 rings (SSSR count). The van der Waals surface area contributed by atoms with Gasteiger partial charge in [-0.05, 0) is 18.2 Å². The lowest BCUT2D eigenvalue weighted by molar-refractivity contribution is -0.120. The molecule has 0 bridgehead atoms. The first kappa shape index (κ1) is 18.8. The van der Waals surface area contributed by atoms with Crippen molar-refractivity contribution in [2.45, 2.75) is 17.9 Å². The van der Waals surface area contributed by atoms with Gasteiger partial charge < -0.3 is 5.32 Å². The summed E-state index contributed by atoms with van der Waals surface area (Å²) >= 11 is 0. The van der Waals surface area contributed by atoms with Crippen LogP contribution in [0.5, 0.6) is 0 Å². The second-order valence-corrected chi connectivity index (χ2v) is 8.19. The Morgan fingerprint density at radius 1 is 1.04 bits per heavy atom. The van der Waals surface area contributed by atoms with Crippen molar-refractivity contribution in [3.05, 3.63) is 70.6 Å². The number of amides is 1. The quantitative estimate of drug-likeness (QED) is 0.692. The third-order valence-electron chi connectivity index (χ3n) is 4.19. The van der Waals surface area contributed by atoms with E-state index in [0.29, 0.717) is 16.5 Å². The molecule has 27 heavy (non-hydrogen) atoms. The van der Waals surface area contributed by atoms with E-state index in [1.165, 1.54) is 16.8 Å². The maximum absolute atomic E-state index is 12.2. The predicted molar refractivity (Wildman–Crippen MR) is 102 cm³/mol. The van der Waals surface area contributed by atoms with Crippen LogP contribution in [0.4, 0.5) is 0 Å². The zero-order chi connectivity index (χ0) is 19.4. The van der Waals surface area contributed by atoms with E-state index in [1.807, 2.05) is 0 Å². The van der Waals surface area contributed by atoms with Gasteiger partial charge in [0, 0.05) is 18.9 Å². The highest BCUT2D eigenvalue weighted by Crippen LogP contribution is 2.13. The molecular formula is C19H19N3O4S. The minimum atomic E-state index is -3.51. The Morgan fingerprint density at radius 3 is 2.37 bits per heavy atom. The molecule has 1 aromatic heterocycles. The monoisotopic (exact) mass is 385 g/mol. The number of aryl methyl sites for hydroxylation is 1. The summed E-state index contributed by atoms with van der Waals surface area (Å²) < 4.78 is 25.7. The van der Waals surface area contributed by atoms with Gasteiger partial charge in [-0.1, -0.05) is 36.4 Å². The Balaban J connectivity index is 1.68. The first-order valence-corrected chi connectivity index (χ1v) is 10.0. The van der Waals surface area contributed by atoms with Crippen molar-refractivity contribution in [3.63, 3.8) is 0 Å². The first-order chi connectivity index (χ1) is 12.9. The van der Waals surface area contributed by atoms with Crippen molar-refractivity contribution in [2.24, 2.45) is 7.05 Å². The molecule has 8 heteroatoms. The molecule has 0 spiro atoms. The smallest absolute Gasteiger partial charge is 0.274 e. The fourth-order valence-corrected chi connectivity index (χ4v) is 4.01. The molecule has 3 aromatic rings. The minimum Gasteiger partial charge on any atom is -0.350 e. The van der Waals surface area contributed by atoms with Crippen LogP contribution < -0.4 is 10.9 Å². The van der Waals surface area contributed by atoms with Gasteiger partial charge in [-0.15, -0.1) is 0 Å². The molecule has 140 valence electrons. The first-order valence-electron chi connectivity index (χ1n) is 8.38. The lowest BCUT2D eigenvalue weighted by atomic mass is 10.1. The molecule has 0 fully saturated rings. The van der Waals surface area contributed by atoms with Crippen molar-refractivity contribution in [1.29, 1.82) is 0 Å². The van der Waals surface area contributed by atoms with E-state index in [-0.39, 0.29) is 29.2 Å². The van der Waals surface area contributed by atoms with E-state index in [9.17, 15) is 18.0 Å². The number of sulfone groups is 1. The lowest BCUT2D eigenvalue weighted by Gasteiger charge is -2.09. The normalized spacial score (nSPS) is 11.4. The van der Waals surface area contributed by atoms with Crippen LogP contribution >= 0.6 is 0 Å². The van der Waals surface area contributed by atoms with Gasteiger partial charge in [-0.3, -0.25) is 9.59 Å². The molecule has 0 unspecified atom stereocenters. The highest BCUT2D eigenvalue weighted by atomic mass is 32.2. The molecular weight excluding hydrogens is 366 g/mol. The summed E-state index contributed by atoms with van der Waals surface area (Å²) in [6.07, 6.45) is -0.152. The lowest BCUT2D eigenvalue weighted by Crippen LogP contribution is -2.28. The van der Waals surface area contributed by atoms with Gasteiger partial charge in [0.25, 0.3) is 5.56 Å². The number of nitrogens with one attached hydrogen (secondary N) is 1. The molecule has 1 amide bonds. The Labute approximate surface area is 156 Å². The summed E-state index contributed by atoms with van der Waals surface area (Å²) in [5.74, 6) is -0.668. The maximum atomic E-state index is 12.2. The molecule has 0 aliphatic rings. The van der Waals surface area contributed by atoms with Crippen molar-refractivity contribution in [3.8, 4) is 0 Å². The highest BCUT2D eigenvalue weighted by molar-refractivity contribution is 7.91. The molecule has 7 nitrogen and oxygen atoms in total. The van der Waals surface area contributed by atoms with E-state index in [4.69, 9.17) is 0 Å². The standard InChI is InChI=1S/C19H19N3O4S/c1-22-19(24)16-10-6-5-9-15(16)17(21-22)13-20-18(23)11-12-27(25,26)14-7-3-2-4-8-14/h2-10H,11-13H2,1H3,(H,20,23). The molecule has 0 aliphatic carbocycles. The van der Waals surface area contributed by atoms with Gasteiger partial charge >= 0.3 is 0 Å². The van der Waals surface area contributed by atoms with Crippen molar-refractivity contribution < 1.29 is 13.2 Å². The van der Waals surface area contributed by atoms with Crippen LogP contribution in [0.2, 0.25) is 0 Å². The van der Waals surface area contributed by atoms with E-state index in [1.54, 1.807) is 49.5 Å². The Kier molecular flexibility index (Phi) is 5.36. The van der Waals surface area contributed by atoms with Crippen molar-refractivity contribution in [2.75, 3.05) is 5.75 Å². The Morgan fingerprint density at radius 2 is 1.67 bits per heavy atom. The average molecular weight is 385 g/mol. The van der Waals surface area contributed by atoms with Crippen LogP contribution in [0.1, 0.15) is 12.1 Å². The summed E-state index contributed by atoms with van der Waals surface area (Å²) in [5.41, 5.74) is 0.335. The summed E-state index contributed by atoms with van der Waals surface area (Å²) in [4.78, 5) is 24.4. The number of hydrogen-bond donors (Lipinski definition) is 1. The fourth-order valence-electron chi connectivity index (χ4n) is 2.75. The Bertz CT molecular complexity index is 1140. The molecule has 0 aliphatic heterocycles. The van der Waals surface area contributed by atoms with E-state index >= 15 is 0 Å². The fraction of sp³-hybridized carbons (Fsp3) is 0.211. The minimum absolute atomic E-state index is 0.110. The second kappa shape index (κ2) is 7.71. The molecule has 0 radical (unpaired) electrons. The number of hydrogen-bond acceptors (Lipinski definition) is 5. The number of benzene rings is 2. The second-order valence-electron chi connectivity index (χ2n) is 6.08. The zero-order valence-electron chi connectivity index (χ0n) is 14.8. The molecule has 2 aromatic carbocycles. The highest BCUT2D eigenvalue weighted by Gasteiger charge is 2.16. The van der Waals surface area contributed by atoms with Crippen LogP contribution in [-0.2, 0) is 28.2 Å². The number of fused-ring (bicyclic) bond motifs is 1. The van der Waals surface area contributed by atoms with Crippen LogP contribution in [0.3, 0.4) is 0 Å². The molecule has 0 saturated carbocycles. The van der Waals surface area contributed by atoms with Gasteiger partial charge in [-0.2, -0.15) is 5.10 Å². The molecule has 0 saturated heterocycles. The van der Waals surface area contributed by atoms with Gasteiger partial charge in [0.05, 0.1) is 28.3 Å². The van der Waals surface area contributed by atoms with Gasteiger partial charge in [-0.25, -0.2) is 13.1 Å². The number of carbonyl (C=O) groups is 1. The van der Waals surface area contributed by atoms with Crippen LogP contribution in [0, 0.1) is 0 Å². The molecule has 1 N–H and O–H groups in total. The number of nitrogens with zero attached hydrogens (tertiary/aromatic N) is 2. The summed E-state index contributed by atoms with van der Waals surface area (Å²) in [7, 11) is -1.96. The Hall–Kier alpha value is -3.00. The van der Waals surface area contributed by atoms with Gasteiger partial charge in [0.2, 0.25) is 5.91 Å². The summed E-state index contributed by atoms with van der Waals surface area (Å²) in [6, 6.07) is 15.1. The van der Waals surface area contributed by atoms with Crippen LogP contribution in [0.25, 0.3) is 10.8 Å². The van der Waals surface area contributed by atoms with Gasteiger partial charge in [0.1, 0.15) is 0 Å². The topological polar surface area (TPSA) is 98.1 Å². The molecule has 0 atom stereocenters. The zero-order valence-corrected chi connectivity index (χ0v) is 15.6.